The summed E-state index contributed by atoms with van der Waals surface area (Å²) in [5, 5.41) is 0. The zero-order chi connectivity index (χ0) is 12.4. The fourth-order valence-corrected chi connectivity index (χ4v) is 2.13. The van der Waals surface area contributed by atoms with Crippen molar-refractivity contribution >= 4 is 37.5 Å². The molecular formula is C13H11Br2NO. The molecule has 4 heteroatoms. The van der Waals surface area contributed by atoms with E-state index < -0.39 is 0 Å². The van der Waals surface area contributed by atoms with Crippen LogP contribution in [0.2, 0.25) is 0 Å². The van der Waals surface area contributed by atoms with E-state index in [1.807, 2.05) is 43.3 Å². The predicted octanol–water partition coefficient (Wildman–Crippen LogP) is 4.89. The Kier molecular flexibility index (Phi) is 3.74. The summed E-state index contributed by atoms with van der Waals surface area (Å²) >= 11 is 6.88. The van der Waals surface area contributed by atoms with Crippen LogP contribution in [0.15, 0.2) is 45.3 Å². The molecule has 2 aromatic carbocycles. The third-order valence-corrected chi connectivity index (χ3v) is 3.82. The maximum Gasteiger partial charge on any atom is 0.141 e. The Morgan fingerprint density at radius 3 is 2.41 bits per heavy atom. The van der Waals surface area contributed by atoms with Crippen molar-refractivity contribution in [1.82, 2.24) is 0 Å². The minimum Gasteiger partial charge on any atom is -0.456 e. The number of ether oxygens (including phenoxy) is 1. The number of hydrogen-bond donors (Lipinski definition) is 1. The van der Waals surface area contributed by atoms with Crippen LogP contribution >= 0.6 is 31.9 Å². The van der Waals surface area contributed by atoms with E-state index in [4.69, 9.17) is 10.5 Å². The molecule has 0 atom stereocenters. The lowest BCUT2D eigenvalue weighted by atomic mass is 10.2. The van der Waals surface area contributed by atoms with Crippen molar-refractivity contribution in [1.29, 1.82) is 0 Å². The van der Waals surface area contributed by atoms with Crippen LogP contribution in [-0.2, 0) is 0 Å². The van der Waals surface area contributed by atoms with E-state index in [1.165, 1.54) is 0 Å². The van der Waals surface area contributed by atoms with Gasteiger partial charge in [0.2, 0.25) is 0 Å². The number of halogens is 2. The number of hydrogen-bond acceptors (Lipinski definition) is 2. The third kappa shape index (κ3) is 3.01. The Morgan fingerprint density at radius 1 is 1.00 bits per heavy atom. The lowest BCUT2D eigenvalue weighted by Crippen LogP contribution is -1.89. The van der Waals surface area contributed by atoms with E-state index in [1.54, 1.807) is 0 Å². The Morgan fingerprint density at radius 2 is 1.76 bits per heavy atom. The summed E-state index contributed by atoms with van der Waals surface area (Å²) in [6.45, 7) is 2.02. The van der Waals surface area contributed by atoms with Crippen LogP contribution in [0.1, 0.15) is 5.56 Å². The average molecular weight is 357 g/mol. The highest BCUT2D eigenvalue weighted by molar-refractivity contribution is 9.10. The fraction of sp³-hybridized carbons (Fsp3) is 0.0769. The first-order chi connectivity index (χ1) is 8.06. The van der Waals surface area contributed by atoms with E-state index in [9.17, 15) is 0 Å². The molecule has 0 saturated carbocycles. The smallest absolute Gasteiger partial charge is 0.141 e. The Bertz CT molecular complexity index is 555. The summed E-state index contributed by atoms with van der Waals surface area (Å²) in [4.78, 5) is 0. The molecule has 0 aliphatic heterocycles. The Hall–Kier alpha value is -1.000. The van der Waals surface area contributed by atoms with Crippen molar-refractivity contribution in [2.24, 2.45) is 0 Å². The number of nitrogen functional groups attached to an aromatic ring is 1. The zero-order valence-electron chi connectivity index (χ0n) is 9.21. The van der Waals surface area contributed by atoms with E-state index in [-0.39, 0.29) is 0 Å². The molecular weight excluding hydrogens is 346 g/mol. The van der Waals surface area contributed by atoms with Crippen molar-refractivity contribution in [3.63, 3.8) is 0 Å². The van der Waals surface area contributed by atoms with Gasteiger partial charge in [-0.2, -0.15) is 0 Å². The van der Waals surface area contributed by atoms with E-state index in [0.717, 1.165) is 26.0 Å². The van der Waals surface area contributed by atoms with Crippen molar-refractivity contribution in [2.75, 3.05) is 5.73 Å². The van der Waals surface area contributed by atoms with Crippen molar-refractivity contribution in [2.45, 2.75) is 6.92 Å². The van der Waals surface area contributed by atoms with Gasteiger partial charge in [0.1, 0.15) is 11.5 Å². The minimum atomic E-state index is 0.705. The molecule has 2 aromatic rings. The SMILES string of the molecule is Cc1cc(Oc2ccc(N)cc2Br)ccc1Br. The number of nitrogens with two attached hydrogens (primary N) is 1. The highest BCUT2D eigenvalue weighted by Crippen LogP contribution is 2.32. The molecule has 2 nitrogen and oxygen atoms in total. The molecule has 0 aromatic heterocycles. The van der Waals surface area contributed by atoms with Crippen LogP contribution in [0.4, 0.5) is 5.69 Å². The first-order valence-electron chi connectivity index (χ1n) is 5.05. The fourth-order valence-electron chi connectivity index (χ4n) is 1.41. The summed E-state index contributed by atoms with van der Waals surface area (Å²) in [6.07, 6.45) is 0. The van der Waals surface area contributed by atoms with E-state index in [0.29, 0.717) is 5.69 Å². The second kappa shape index (κ2) is 5.10. The molecule has 0 fully saturated rings. The molecule has 0 aliphatic carbocycles. The number of benzene rings is 2. The van der Waals surface area contributed by atoms with Crippen molar-refractivity contribution < 1.29 is 4.74 Å². The molecule has 88 valence electrons. The Balaban J connectivity index is 2.28. The summed E-state index contributed by atoms with van der Waals surface area (Å²) in [5.41, 5.74) is 7.51. The van der Waals surface area contributed by atoms with Gasteiger partial charge in [0.05, 0.1) is 4.47 Å². The van der Waals surface area contributed by atoms with Gasteiger partial charge in [-0.25, -0.2) is 0 Å². The molecule has 0 saturated heterocycles. The van der Waals surface area contributed by atoms with Crippen LogP contribution in [0, 0.1) is 6.92 Å². The van der Waals surface area contributed by atoms with Gasteiger partial charge < -0.3 is 10.5 Å². The maximum absolute atomic E-state index is 5.78. The third-order valence-electron chi connectivity index (χ3n) is 2.31. The molecule has 0 unspecified atom stereocenters. The van der Waals surface area contributed by atoms with Gasteiger partial charge in [-0.15, -0.1) is 0 Å². The van der Waals surface area contributed by atoms with Gasteiger partial charge in [-0.05, 0) is 64.8 Å². The first-order valence-corrected chi connectivity index (χ1v) is 6.64. The highest BCUT2D eigenvalue weighted by atomic mass is 79.9. The molecule has 0 radical (unpaired) electrons. The summed E-state index contributed by atoms with van der Waals surface area (Å²) in [6, 6.07) is 11.3. The van der Waals surface area contributed by atoms with Crippen LogP contribution in [0.5, 0.6) is 11.5 Å². The number of anilines is 1. The normalized spacial score (nSPS) is 10.3. The van der Waals surface area contributed by atoms with Gasteiger partial charge in [-0.1, -0.05) is 15.9 Å². The van der Waals surface area contributed by atoms with Gasteiger partial charge in [0, 0.05) is 10.2 Å². The van der Waals surface area contributed by atoms with Crippen LogP contribution in [-0.4, -0.2) is 0 Å². The predicted molar refractivity (Wildman–Crippen MR) is 77.5 cm³/mol. The van der Waals surface area contributed by atoms with Gasteiger partial charge >= 0.3 is 0 Å². The first kappa shape index (κ1) is 12.5. The van der Waals surface area contributed by atoms with Crippen LogP contribution in [0.3, 0.4) is 0 Å². The largest absolute Gasteiger partial charge is 0.456 e. The quantitative estimate of drug-likeness (QED) is 0.777. The molecule has 0 amide bonds. The summed E-state index contributed by atoms with van der Waals surface area (Å²) in [7, 11) is 0. The minimum absolute atomic E-state index is 0.705. The van der Waals surface area contributed by atoms with E-state index >= 15 is 0 Å². The molecule has 0 heterocycles. The monoisotopic (exact) mass is 355 g/mol. The standard InChI is InChI=1S/C13H11Br2NO/c1-8-6-10(3-4-11(8)14)17-13-5-2-9(16)7-12(13)15/h2-7H,16H2,1H3. The molecule has 17 heavy (non-hydrogen) atoms. The molecule has 2 rings (SSSR count). The van der Waals surface area contributed by atoms with Gasteiger partial charge in [0.25, 0.3) is 0 Å². The topological polar surface area (TPSA) is 35.2 Å². The summed E-state index contributed by atoms with van der Waals surface area (Å²) < 4.78 is 7.69. The Labute approximate surface area is 117 Å². The van der Waals surface area contributed by atoms with Crippen LogP contribution in [0.25, 0.3) is 0 Å². The van der Waals surface area contributed by atoms with E-state index in [2.05, 4.69) is 31.9 Å². The summed E-state index contributed by atoms with van der Waals surface area (Å²) in [5.74, 6) is 1.55. The molecule has 0 aliphatic rings. The van der Waals surface area contributed by atoms with Gasteiger partial charge in [0.15, 0.2) is 0 Å². The maximum atomic E-state index is 5.78. The number of aryl methyl sites for hydroxylation is 1. The van der Waals surface area contributed by atoms with Gasteiger partial charge in [-0.3, -0.25) is 0 Å². The van der Waals surface area contributed by atoms with Crippen molar-refractivity contribution in [3.8, 4) is 11.5 Å². The molecule has 0 bridgehead atoms. The lowest BCUT2D eigenvalue weighted by Gasteiger charge is -2.09. The second-order valence-electron chi connectivity index (χ2n) is 3.70. The zero-order valence-corrected chi connectivity index (χ0v) is 12.4. The second-order valence-corrected chi connectivity index (χ2v) is 5.41. The lowest BCUT2D eigenvalue weighted by molar-refractivity contribution is 0.479. The van der Waals surface area contributed by atoms with Crippen LogP contribution < -0.4 is 10.5 Å². The number of rotatable bonds is 2. The molecule has 0 spiro atoms. The van der Waals surface area contributed by atoms with Crippen molar-refractivity contribution in [3.05, 3.63) is 50.9 Å². The average Bonchev–Trinajstić information content (AvgIpc) is 2.27. The highest BCUT2D eigenvalue weighted by Gasteiger charge is 2.04. The molecule has 2 N–H and O–H groups in total.